The van der Waals surface area contributed by atoms with E-state index < -0.39 is 0 Å². The second-order valence-corrected chi connectivity index (χ2v) is 10.4. The summed E-state index contributed by atoms with van der Waals surface area (Å²) in [6.45, 7) is 4.44. The molecule has 0 bridgehead atoms. The van der Waals surface area contributed by atoms with Crippen LogP contribution in [0.1, 0.15) is 68.6 Å². The fourth-order valence-corrected chi connectivity index (χ4v) is 6.54. The average molecular weight is 495 g/mol. The third-order valence-corrected chi connectivity index (χ3v) is 8.27. The number of rotatable bonds is 4. The lowest BCUT2D eigenvalue weighted by Gasteiger charge is -2.22. The monoisotopic (exact) mass is 494 g/mol. The van der Waals surface area contributed by atoms with Crippen LogP contribution in [0.25, 0.3) is 0 Å². The first-order valence-electron chi connectivity index (χ1n) is 13.4. The van der Waals surface area contributed by atoms with E-state index in [2.05, 4.69) is 135 Å². The van der Waals surface area contributed by atoms with Crippen LogP contribution in [-0.2, 0) is 0 Å². The molecule has 0 amide bonds. The molecule has 0 radical (unpaired) electrons. The summed E-state index contributed by atoms with van der Waals surface area (Å²) in [5.74, 6) is 2.21. The summed E-state index contributed by atoms with van der Waals surface area (Å²) in [6.07, 6.45) is -0.178. The fraction of sp³-hybridized carbons (Fsp3) is 0.167. The van der Waals surface area contributed by atoms with Crippen LogP contribution in [0.5, 0.6) is 11.5 Å². The van der Waals surface area contributed by atoms with Crippen LogP contribution in [0.15, 0.2) is 121 Å². The quantitative estimate of drug-likeness (QED) is 0.248. The fourth-order valence-electron chi connectivity index (χ4n) is 6.54. The average Bonchev–Trinajstić information content (AvgIpc) is 3.59. The standard InChI is InChI=1S/C36H30O2/c1-23-29-31(25-15-7-3-8-16-25)35(27-19-11-5-12-20-27)38-34(29)24(2)30-32(26-17-9-4-10-18-26)36(37-33(23)30)28-21-13-6-14-22-28/h3-22,31-32,35-36H,1-2H3/t31-,32?,35+,36?/m1/s1. The second-order valence-electron chi connectivity index (χ2n) is 10.4. The molecule has 0 N–H and O–H groups in total. The molecular formula is C36H30O2. The zero-order chi connectivity index (χ0) is 25.6. The van der Waals surface area contributed by atoms with Crippen LogP contribution in [0.2, 0.25) is 0 Å². The minimum atomic E-state index is -0.0892. The van der Waals surface area contributed by atoms with Crippen molar-refractivity contribution in [2.75, 3.05) is 0 Å². The number of benzene rings is 5. The maximum Gasteiger partial charge on any atom is 0.135 e. The van der Waals surface area contributed by atoms with Gasteiger partial charge in [0.25, 0.3) is 0 Å². The van der Waals surface area contributed by atoms with Gasteiger partial charge in [0.1, 0.15) is 23.7 Å². The summed E-state index contributed by atoms with van der Waals surface area (Å²) in [5.41, 5.74) is 9.79. The normalized spacial score (nSPS) is 21.3. The Kier molecular flexibility index (Phi) is 5.55. The van der Waals surface area contributed by atoms with Gasteiger partial charge in [0.05, 0.1) is 11.8 Å². The molecule has 2 unspecified atom stereocenters. The van der Waals surface area contributed by atoms with Gasteiger partial charge in [-0.1, -0.05) is 121 Å². The van der Waals surface area contributed by atoms with Gasteiger partial charge in [-0.15, -0.1) is 0 Å². The molecule has 0 aliphatic carbocycles. The zero-order valence-corrected chi connectivity index (χ0v) is 21.7. The smallest absolute Gasteiger partial charge is 0.135 e. The van der Waals surface area contributed by atoms with Gasteiger partial charge in [-0.3, -0.25) is 0 Å². The number of ether oxygens (including phenoxy) is 2. The van der Waals surface area contributed by atoms with E-state index in [1.165, 1.54) is 44.5 Å². The van der Waals surface area contributed by atoms with E-state index in [1.54, 1.807) is 0 Å². The molecule has 0 saturated heterocycles. The van der Waals surface area contributed by atoms with Crippen molar-refractivity contribution in [1.29, 1.82) is 0 Å². The molecule has 38 heavy (non-hydrogen) atoms. The predicted molar refractivity (Wildman–Crippen MR) is 152 cm³/mol. The van der Waals surface area contributed by atoms with Gasteiger partial charge in [0.2, 0.25) is 0 Å². The largest absolute Gasteiger partial charge is 0.484 e. The van der Waals surface area contributed by atoms with E-state index in [0.29, 0.717) is 0 Å². The number of hydrogen-bond acceptors (Lipinski definition) is 2. The van der Waals surface area contributed by atoms with E-state index in [-0.39, 0.29) is 24.0 Å². The molecule has 0 saturated carbocycles. The van der Waals surface area contributed by atoms with Crippen LogP contribution in [0.4, 0.5) is 0 Å². The first-order valence-corrected chi connectivity index (χ1v) is 13.4. The lowest BCUT2D eigenvalue weighted by Crippen LogP contribution is -2.12. The summed E-state index contributed by atoms with van der Waals surface area (Å²) in [5, 5.41) is 0. The van der Waals surface area contributed by atoms with Gasteiger partial charge < -0.3 is 9.47 Å². The van der Waals surface area contributed by atoms with E-state index in [4.69, 9.17) is 9.47 Å². The van der Waals surface area contributed by atoms with Crippen LogP contribution < -0.4 is 9.47 Å². The maximum atomic E-state index is 6.97. The van der Waals surface area contributed by atoms with Crippen molar-refractivity contribution < 1.29 is 9.47 Å². The molecule has 0 spiro atoms. The molecule has 2 nitrogen and oxygen atoms in total. The first kappa shape index (κ1) is 22.9. The van der Waals surface area contributed by atoms with Crippen molar-refractivity contribution >= 4 is 0 Å². The Morgan fingerprint density at radius 1 is 0.395 bits per heavy atom. The van der Waals surface area contributed by atoms with Gasteiger partial charge in [-0.05, 0) is 47.2 Å². The van der Waals surface area contributed by atoms with Gasteiger partial charge in [0.15, 0.2) is 0 Å². The molecular weight excluding hydrogens is 464 g/mol. The van der Waals surface area contributed by atoms with Crippen molar-refractivity contribution in [3.05, 3.63) is 166 Å². The topological polar surface area (TPSA) is 18.5 Å². The highest BCUT2D eigenvalue weighted by Crippen LogP contribution is 2.60. The number of fused-ring (bicyclic) bond motifs is 2. The van der Waals surface area contributed by atoms with E-state index in [0.717, 1.165) is 11.5 Å². The molecule has 5 aromatic carbocycles. The highest BCUT2D eigenvalue weighted by atomic mass is 16.5. The van der Waals surface area contributed by atoms with E-state index >= 15 is 0 Å². The third kappa shape index (κ3) is 3.55. The summed E-state index contributed by atoms with van der Waals surface area (Å²) < 4.78 is 13.9. The lowest BCUT2D eigenvalue weighted by molar-refractivity contribution is 0.218. The summed E-state index contributed by atoms with van der Waals surface area (Å²) in [6, 6.07) is 42.8. The highest BCUT2D eigenvalue weighted by molar-refractivity contribution is 5.68. The number of hydrogen-bond donors (Lipinski definition) is 0. The Labute approximate surface area is 224 Å². The first-order chi connectivity index (χ1) is 18.7. The molecule has 4 atom stereocenters. The van der Waals surface area contributed by atoms with Crippen molar-refractivity contribution in [2.45, 2.75) is 37.9 Å². The minimum Gasteiger partial charge on any atom is -0.484 e. The predicted octanol–water partition coefficient (Wildman–Crippen LogP) is 8.83. The van der Waals surface area contributed by atoms with Crippen molar-refractivity contribution in [1.82, 2.24) is 0 Å². The molecule has 7 rings (SSSR count). The Bertz CT molecular complexity index is 1450. The Morgan fingerprint density at radius 2 is 0.684 bits per heavy atom. The summed E-state index contributed by atoms with van der Waals surface area (Å²) in [7, 11) is 0. The van der Waals surface area contributed by atoms with E-state index in [9.17, 15) is 0 Å². The van der Waals surface area contributed by atoms with Gasteiger partial charge >= 0.3 is 0 Å². The lowest BCUT2D eigenvalue weighted by atomic mass is 9.78. The zero-order valence-electron chi connectivity index (χ0n) is 21.7. The van der Waals surface area contributed by atoms with Gasteiger partial charge in [-0.25, -0.2) is 0 Å². The summed E-state index contributed by atoms with van der Waals surface area (Å²) in [4.78, 5) is 0. The summed E-state index contributed by atoms with van der Waals surface area (Å²) >= 11 is 0. The Morgan fingerprint density at radius 3 is 1.00 bits per heavy atom. The third-order valence-electron chi connectivity index (χ3n) is 8.27. The minimum absolute atomic E-state index is 0.0892. The molecule has 2 heteroatoms. The second kappa shape index (κ2) is 9.22. The molecule has 2 heterocycles. The molecule has 0 aromatic heterocycles. The molecule has 2 aliphatic rings. The van der Waals surface area contributed by atoms with Crippen molar-refractivity contribution in [2.24, 2.45) is 0 Å². The van der Waals surface area contributed by atoms with E-state index in [1.807, 2.05) is 0 Å². The van der Waals surface area contributed by atoms with Gasteiger partial charge in [0, 0.05) is 11.1 Å². The van der Waals surface area contributed by atoms with Gasteiger partial charge in [-0.2, -0.15) is 0 Å². The maximum absolute atomic E-state index is 6.97. The SMILES string of the molecule is Cc1c2c(c(C)c3c1C(c1ccccc1)C(c1ccccc1)O3)[C@@H](c1ccccc1)[C@H](c1ccccc1)O2. The Hall–Kier alpha value is -4.30. The van der Waals surface area contributed by atoms with Crippen molar-refractivity contribution in [3.63, 3.8) is 0 Å². The van der Waals surface area contributed by atoms with Crippen LogP contribution >= 0.6 is 0 Å². The molecule has 5 aromatic rings. The molecule has 0 fully saturated rings. The van der Waals surface area contributed by atoms with Crippen LogP contribution in [0, 0.1) is 13.8 Å². The highest BCUT2D eigenvalue weighted by Gasteiger charge is 2.46. The van der Waals surface area contributed by atoms with Crippen molar-refractivity contribution in [3.8, 4) is 11.5 Å². The Balaban J connectivity index is 1.45. The molecule has 2 aliphatic heterocycles. The van der Waals surface area contributed by atoms with Crippen LogP contribution in [0.3, 0.4) is 0 Å². The van der Waals surface area contributed by atoms with Crippen LogP contribution in [-0.4, -0.2) is 0 Å². The molecule has 186 valence electrons.